The maximum absolute atomic E-state index is 9.17. The molecule has 9 nitrogen and oxygen atoms in total. The zero-order valence-corrected chi connectivity index (χ0v) is 13.5. The van der Waals surface area contributed by atoms with Crippen LogP contribution in [0.2, 0.25) is 0 Å². The Labute approximate surface area is 135 Å². The van der Waals surface area contributed by atoms with Crippen LogP contribution in [-0.2, 0) is 19.7 Å². The number of aromatic nitrogens is 7. The van der Waals surface area contributed by atoms with E-state index in [4.69, 9.17) is 5.11 Å². The van der Waals surface area contributed by atoms with Crippen LogP contribution >= 0.6 is 0 Å². The SMILES string of the molecule is CCCn1nnnc1CN[C@H]1CCCC[C@H]1n1cc(CO)nn1. The summed E-state index contributed by atoms with van der Waals surface area (Å²) in [5.41, 5.74) is 0.612. The van der Waals surface area contributed by atoms with Crippen molar-refractivity contribution in [1.29, 1.82) is 0 Å². The first-order valence-corrected chi connectivity index (χ1v) is 8.31. The van der Waals surface area contributed by atoms with Crippen LogP contribution in [0.25, 0.3) is 0 Å². The number of nitrogens with zero attached hydrogens (tertiary/aromatic N) is 7. The summed E-state index contributed by atoms with van der Waals surface area (Å²) in [7, 11) is 0. The van der Waals surface area contributed by atoms with Gasteiger partial charge in [-0.3, -0.25) is 0 Å². The van der Waals surface area contributed by atoms with E-state index < -0.39 is 0 Å². The number of aryl methyl sites for hydroxylation is 1. The van der Waals surface area contributed by atoms with E-state index in [0.29, 0.717) is 18.3 Å². The van der Waals surface area contributed by atoms with Crippen molar-refractivity contribution in [3.05, 3.63) is 17.7 Å². The fraction of sp³-hybridized carbons (Fsp3) is 0.786. The molecule has 2 atom stereocenters. The van der Waals surface area contributed by atoms with E-state index in [-0.39, 0.29) is 12.6 Å². The van der Waals surface area contributed by atoms with Gasteiger partial charge in [-0.05, 0) is 29.7 Å². The Kier molecular flexibility index (Phi) is 5.29. The van der Waals surface area contributed by atoms with Crippen LogP contribution in [0.3, 0.4) is 0 Å². The summed E-state index contributed by atoms with van der Waals surface area (Å²) in [5.74, 6) is 0.866. The molecule has 0 aromatic carbocycles. The molecule has 0 unspecified atom stereocenters. The Morgan fingerprint density at radius 3 is 2.91 bits per heavy atom. The van der Waals surface area contributed by atoms with Crippen LogP contribution in [0.1, 0.15) is 56.6 Å². The van der Waals surface area contributed by atoms with Gasteiger partial charge < -0.3 is 10.4 Å². The number of aliphatic hydroxyl groups excluding tert-OH is 1. The second kappa shape index (κ2) is 7.60. The molecule has 0 saturated heterocycles. The molecule has 2 heterocycles. The smallest absolute Gasteiger partial charge is 0.165 e. The van der Waals surface area contributed by atoms with Crippen LogP contribution in [0, 0.1) is 0 Å². The zero-order chi connectivity index (χ0) is 16.1. The van der Waals surface area contributed by atoms with Crippen LogP contribution in [0.4, 0.5) is 0 Å². The van der Waals surface area contributed by atoms with Crippen molar-refractivity contribution in [3.8, 4) is 0 Å². The topological polar surface area (TPSA) is 107 Å². The third-order valence-corrected chi connectivity index (χ3v) is 4.35. The minimum Gasteiger partial charge on any atom is -0.390 e. The summed E-state index contributed by atoms with van der Waals surface area (Å²) in [4.78, 5) is 0. The van der Waals surface area contributed by atoms with Crippen molar-refractivity contribution in [2.45, 2.75) is 70.8 Å². The highest BCUT2D eigenvalue weighted by Crippen LogP contribution is 2.28. The standard InChI is InChI=1S/C14H24N8O/c1-2-7-21-14(17-18-20-21)8-15-12-5-3-4-6-13(12)22-9-11(10-23)16-19-22/h9,12-13,15,23H,2-8,10H2,1H3/t12-,13+/m0/s1. The third-order valence-electron chi connectivity index (χ3n) is 4.35. The molecule has 0 radical (unpaired) electrons. The van der Waals surface area contributed by atoms with E-state index >= 15 is 0 Å². The number of tetrazole rings is 1. The maximum Gasteiger partial charge on any atom is 0.165 e. The minimum absolute atomic E-state index is 0.0728. The molecular weight excluding hydrogens is 296 g/mol. The van der Waals surface area contributed by atoms with Gasteiger partial charge in [-0.1, -0.05) is 25.0 Å². The summed E-state index contributed by atoms with van der Waals surface area (Å²) in [6, 6.07) is 0.566. The second-order valence-electron chi connectivity index (χ2n) is 6.01. The summed E-state index contributed by atoms with van der Waals surface area (Å²) >= 11 is 0. The van der Waals surface area contributed by atoms with E-state index in [1.165, 1.54) is 12.8 Å². The number of nitrogens with one attached hydrogen (secondary N) is 1. The first-order valence-electron chi connectivity index (χ1n) is 8.31. The highest BCUT2D eigenvalue weighted by Gasteiger charge is 2.27. The zero-order valence-electron chi connectivity index (χ0n) is 13.5. The normalized spacial score (nSPS) is 21.7. The molecule has 0 amide bonds. The molecule has 1 aliphatic rings. The highest BCUT2D eigenvalue weighted by atomic mass is 16.3. The number of hydrogen-bond acceptors (Lipinski definition) is 7. The van der Waals surface area contributed by atoms with Crippen molar-refractivity contribution in [2.24, 2.45) is 0 Å². The van der Waals surface area contributed by atoms with Gasteiger partial charge in [-0.25, -0.2) is 9.36 Å². The lowest BCUT2D eigenvalue weighted by Crippen LogP contribution is -2.40. The van der Waals surface area contributed by atoms with Crippen molar-refractivity contribution in [2.75, 3.05) is 0 Å². The molecule has 1 saturated carbocycles. The Hall–Kier alpha value is -1.87. The molecule has 2 N–H and O–H groups in total. The molecule has 2 aromatic rings. The van der Waals surface area contributed by atoms with Crippen molar-refractivity contribution in [1.82, 2.24) is 40.5 Å². The first kappa shape index (κ1) is 16.0. The van der Waals surface area contributed by atoms with E-state index in [2.05, 4.69) is 38.1 Å². The van der Waals surface area contributed by atoms with Crippen molar-refractivity contribution < 1.29 is 5.11 Å². The summed E-state index contributed by atoms with van der Waals surface area (Å²) in [6.07, 6.45) is 7.39. The van der Waals surface area contributed by atoms with Crippen LogP contribution in [0.15, 0.2) is 6.20 Å². The molecule has 1 aliphatic carbocycles. The quantitative estimate of drug-likeness (QED) is 0.762. The van der Waals surface area contributed by atoms with E-state index in [1.54, 1.807) is 0 Å². The van der Waals surface area contributed by atoms with Gasteiger partial charge in [0, 0.05) is 12.6 Å². The molecule has 23 heavy (non-hydrogen) atoms. The molecule has 1 fully saturated rings. The predicted octanol–water partition coefficient (Wildman–Crippen LogP) is 0.440. The number of rotatable bonds is 7. The fourth-order valence-electron chi connectivity index (χ4n) is 3.17. The number of hydrogen-bond donors (Lipinski definition) is 2. The minimum atomic E-state index is -0.0728. The van der Waals surface area contributed by atoms with Crippen molar-refractivity contribution >= 4 is 0 Å². The molecule has 0 aliphatic heterocycles. The predicted molar refractivity (Wildman–Crippen MR) is 82.2 cm³/mol. The molecule has 0 spiro atoms. The summed E-state index contributed by atoms with van der Waals surface area (Å²) in [5, 5.41) is 32.8. The van der Waals surface area contributed by atoms with Gasteiger partial charge >= 0.3 is 0 Å². The maximum atomic E-state index is 9.17. The van der Waals surface area contributed by atoms with Gasteiger partial charge in [0.1, 0.15) is 5.69 Å². The van der Waals surface area contributed by atoms with Gasteiger partial charge in [0.15, 0.2) is 5.82 Å². The van der Waals surface area contributed by atoms with Crippen LogP contribution < -0.4 is 5.32 Å². The van der Waals surface area contributed by atoms with Crippen molar-refractivity contribution in [3.63, 3.8) is 0 Å². The molecule has 2 aromatic heterocycles. The Morgan fingerprint density at radius 1 is 1.26 bits per heavy atom. The van der Waals surface area contributed by atoms with E-state index in [9.17, 15) is 0 Å². The molecular formula is C14H24N8O. The van der Waals surface area contributed by atoms with Crippen LogP contribution in [0.5, 0.6) is 0 Å². The molecule has 0 bridgehead atoms. The fourth-order valence-corrected chi connectivity index (χ4v) is 3.17. The van der Waals surface area contributed by atoms with Gasteiger partial charge in [-0.15, -0.1) is 10.2 Å². The first-order chi connectivity index (χ1) is 11.3. The lowest BCUT2D eigenvalue weighted by molar-refractivity contribution is 0.240. The number of aliphatic hydroxyl groups is 1. The Morgan fingerprint density at radius 2 is 2.13 bits per heavy atom. The van der Waals surface area contributed by atoms with Crippen LogP contribution in [-0.4, -0.2) is 46.3 Å². The molecule has 126 valence electrons. The highest BCUT2D eigenvalue weighted by molar-refractivity contribution is 4.95. The lowest BCUT2D eigenvalue weighted by Gasteiger charge is -2.32. The largest absolute Gasteiger partial charge is 0.390 e. The lowest BCUT2D eigenvalue weighted by atomic mass is 9.90. The van der Waals surface area contributed by atoms with Gasteiger partial charge in [0.25, 0.3) is 0 Å². The van der Waals surface area contributed by atoms with Gasteiger partial charge in [-0.2, -0.15) is 0 Å². The van der Waals surface area contributed by atoms with E-state index in [0.717, 1.165) is 31.6 Å². The average molecular weight is 320 g/mol. The molecule has 9 heteroatoms. The Bertz CT molecular complexity index is 609. The summed E-state index contributed by atoms with van der Waals surface area (Å²) < 4.78 is 3.74. The van der Waals surface area contributed by atoms with Gasteiger partial charge in [0.2, 0.25) is 0 Å². The van der Waals surface area contributed by atoms with Gasteiger partial charge in [0.05, 0.1) is 25.4 Å². The average Bonchev–Trinajstić information content (AvgIpc) is 3.23. The molecule has 3 rings (SSSR count). The second-order valence-corrected chi connectivity index (χ2v) is 6.01. The van der Waals surface area contributed by atoms with E-state index in [1.807, 2.05) is 15.6 Å². The third kappa shape index (κ3) is 3.73. The monoisotopic (exact) mass is 320 g/mol. The Balaban J connectivity index is 1.65. The summed E-state index contributed by atoms with van der Waals surface area (Å²) in [6.45, 7) is 3.52.